The highest BCUT2D eigenvalue weighted by molar-refractivity contribution is 5.18. The molecule has 0 amide bonds. The topological polar surface area (TPSA) is 0 Å². The van der Waals surface area contributed by atoms with Crippen LogP contribution in [0, 0.1) is 12.8 Å². The fraction of sp³-hybridized carbons (Fsp3) is 0.500. The van der Waals surface area contributed by atoms with Crippen LogP contribution < -0.4 is 0 Å². The zero-order valence-corrected chi connectivity index (χ0v) is 7.44. The number of rotatable bonds is 2. The Balaban J connectivity index is 4.05. The van der Waals surface area contributed by atoms with Gasteiger partial charge in [0.15, 0.2) is 0 Å². The lowest BCUT2D eigenvalue weighted by Crippen LogP contribution is -1.87. The molecule has 0 fully saturated rings. The van der Waals surface area contributed by atoms with E-state index >= 15 is 0 Å². The molecule has 0 rings (SSSR count). The first-order chi connectivity index (χ1) is 4.54. The molecule has 0 aromatic heterocycles. The summed E-state index contributed by atoms with van der Waals surface area (Å²) in [4.78, 5) is 0. The maximum absolute atomic E-state index is 3.93. The molecule has 0 bridgehead atoms. The molecule has 1 radical (unpaired) electrons. The molecule has 57 valence electrons. The van der Waals surface area contributed by atoms with Crippen molar-refractivity contribution in [2.75, 3.05) is 0 Å². The zero-order valence-electron chi connectivity index (χ0n) is 7.44. The summed E-state index contributed by atoms with van der Waals surface area (Å²) in [6.07, 6.45) is 4.18. The Kier molecular flexibility index (Phi) is 4.10. The van der Waals surface area contributed by atoms with Crippen molar-refractivity contribution in [3.8, 4) is 0 Å². The van der Waals surface area contributed by atoms with Crippen LogP contribution in [0.3, 0.4) is 0 Å². The van der Waals surface area contributed by atoms with E-state index in [1.165, 1.54) is 11.1 Å². The van der Waals surface area contributed by atoms with E-state index in [9.17, 15) is 0 Å². The lowest BCUT2D eigenvalue weighted by molar-refractivity contribution is 0.790. The minimum atomic E-state index is 0.565. The fourth-order valence-corrected chi connectivity index (χ4v) is 0.466. The van der Waals surface area contributed by atoms with Crippen LogP contribution in [0.15, 0.2) is 23.3 Å². The SMILES string of the molecule is [CH2]/C(=C/C=C(C)C)C(C)C. The van der Waals surface area contributed by atoms with Crippen molar-refractivity contribution in [1.29, 1.82) is 0 Å². The molecule has 10 heavy (non-hydrogen) atoms. The van der Waals surface area contributed by atoms with Crippen LogP contribution in [0.4, 0.5) is 0 Å². The highest BCUT2D eigenvalue weighted by Crippen LogP contribution is 2.07. The summed E-state index contributed by atoms with van der Waals surface area (Å²) in [5.74, 6) is 0.565. The van der Waals surface area contributed by atoms with Gasteiger partial charge in [-0.1, -0.05) is 37.1 Å². The first-order valence-corrected chi connectivity index (χ1v) is 3.71. The third kappa shape index (κ3) is 4.37. The largest absolute Gasteiger partial charge is 0.0764 e. The van der Waals surface area contributed by atoms with Crippen molar-refractivity contribution < 1.29 is 0 Å². The van der Waals surface area contributed by atoms with Crippen molar-refractivity contribution in [1.82, 2.24) is 0 Å². The van der Waals surface area contributed by atoms with Crippen LogP contribution in [0.2, 0.25) is 0 Å². The average molecular weight is 137 g/mol. The van der Waals surface area contributed by atoms with E-state index in [-0.39, 0.29) is 0 Å². The van der Waals surface area contributed by atoms with Crippen LogP contribution in [0.5, 0.6) is 0 Å². The normalized spacial score (nSPS) is 12.0. The summed E-state index contributed by atoms with van der Waals surface area (Å²) in [5.41, 5.74) is 2.52. The molecule has 0 saturated heterocycles. The van der Waals surface area contributed by atoms with Gasteiger partial charge in [0.2, 0.25) is 0 Å². The summed E-state index contributed by atoms with van der Waals surface area (Å²) in [7, 11) is 0. The first kappa shape index (κ1) is 9.48. The Morgan fingerprint density at radius 2 is 1.70 bits per heavy atom. The minimum Gasteiger partial charge on any atom is -0.0764 e. The smallest absolute Gasteiger partial charge is 0.0257 e. The van der Waals surface area contributed by atoms with Crippen molar-refractivity contribution >= 4 is 0 Å². The van der Waals surface area contributed by atoms with E-state index in [0.29, 0.717) is 5.92 Å². The first-order valence-electron chi connectivity index (χ1n) is 3.71. The van der Waals surface area contributed by atoms with Crippen LogP contribution in [-0.4, -0.2) is 0 Å². The van der Waals surface area contributed by atoms with Gasteiger partial charge in [-0.15, -0.1) is 0 Å². The zero-order chi connectivity index (χ0) is 8.15. The monoisotopic (exact) mass is 137 g/mol. The molecule has 0 aromatic carbocycles. The van der Waals surface area contributed by atoms with Crippen LogP contribution in [-0.2, 0) is 0 Å². The lowest BCUT2D eigenvalue weighted by atomic mass is 10.0. The van der Waals surface area contributed by atoms with Crippen molar-refractivity contribution in [2.45, 2.75) is 27.7 Å². The third-order valence-electron chi connectivity index (χ3n) is 1.37. The summed E-state index contributed by atoms with van der Waals surface area (Å²) in [6, 6.07) is 0. The maximum atomic E-state index is 3.93. The molecule has 0 aliphatic rings. The van der Waals surface area contributed by atoms with E-state index < -0.39 is 0 Å². The van der Waals surface area contributed by atoms with Crippen molar-refractivity contribution in [2.24, 2.45) is 5.92 Å². The highest BCUT2D eigenvalue weighted by atomic mass is 14.0. The summed E-state index contributed by atoms with van der Waals surface area (Å²) < 4.78 is 0. The molecule has 0 aliphatic heterocycles. The predicted octanol–water partition coefficient (Wildman–Crippen LogP) is 3.37. The summed E-state index contributed by atoms with van der Waals surface area (Å²) >= 11 is 0. The molecular weight excluding hydrogens is 120 g/mol. The van der Waals surface area contributed by atoms with Gasteiger partial charge in [-0.05, 0) is 26.7 Å². The molecule has 0 heteroatoms. The summed E-state index contributed by atoms with van der Waals surface area (Å²) in [6.45, 7) is 12.4. The minimum absolute atomic E-state index is 0.565. The maximum Gasteiger partial charge on any atom is -0.0257 e. The number of hydrogen-bond acceptors (Lipinski definition) is 0. The molecule has 0 unspecified atom stereocenters. The van der Waals surface area contributed by atoms with Crippen LogP contribution in [0.25, 0.3) is 0 Å². The van der Waals surface area contributed by atoms with Crippen molar-refractivity contribution in [3.05, 3.63) is 30.2 Å². The number of allylic oxidation sites excluding steroid dienone is 4. The van der Waals surface area contributed by atoms with E-state index in [4.69, 9.17) is 0 Å². The molecule has 0 spiro atoms. The van der Waals surface area contributed by atoms with Gasteiger partial charge in [0.05, 0.1) is 0 Å². The van der Waals surface area contributed by atoms with Crippen molar-refractivity contribution in [3.63, 3.8) is 0 Å². The second-order valence-corrected chi connectivity index (χ2v) is 3.14. The molecular formula is C10H17. The highest BCUT2D eigenvalue weighted by Gasteiger charge is 1.92. The lowest BCUT2D eigenvalue weighted by Gasteiger charge is -2.01. The van der Waals surface area contributed by atoms with Gasteiger partial charge >= 0.3 is 0 Å². The van der Waals surface area contributed by atoms with Gasteiger partial charge in [0.1, 0.15) is 0 Å². The Morgan fingerprint density at radius 1 is 1.20 bits per heavy atom. The fourth-order valence-electron chi connectivity index (χ4n) is 0.466. The Hall–Kier alpha value is -0.520. The van der Waals surface area contributed by atoms with Crippen LogP contribution >= 0.6 is 0 Å². The van der Waals surface area contributed by atoms with E-state index in [1.54, 1.807) is 0 Å². The molecule has 0 aliphatic carbocycles. The van der Waals surface area contributed by atoms with E-state index in [0.717, 1.165) is 0 Å². The number of hydrogen-bond donors (Lipinski definition) is 0. The molecule has 0 atom stereocenters. The Bertz CT molecular complexity index is 143. The van der Waals surface area contributed by atoms with Crippen LogP contribution in [0.1, 0.15) is 27.7 Å². The van der Waals surface area contributed by atoms with Gasteiger partial charge in [0.25, 0.3) is 0 Å². The second kappa shape index (κ2) is 4.32. The van der Waals surface area contributed by atoms with E-state index in [1.807, 2.05) is 0 Å². The molecule has 0 saturated carbocycles. The van der Waals surface area contributed by atoms with Gasteiger partial charge in [-0.25, -0.2) is 0 Å². The molecule has 0 nitrogen and oxygen atoms in total. The van der Waals surface area contributed by atoms with Gasteiger partial charge < -0.3 is 0 Å². The second-order valence-electron chi connectivity index (χ2n) is 3.14. The Morgan fingerprint density at radius 3 is 2.00 bits per heavy atom. The van der Waals surface area contributed by atoms with Gasteiger partial charge in [-0.3, -0.25) is 0 Å². The third-order valence-corrected chi connectivity index (χ3v) is 1.37. The van der Waals surface area contributed by atoms with Gasteiger partial charge in [0, 0.05) is 0 Å². The molecule has 0 heterocycles. The van der Waals surface area contributed by atoms with E-state index in [2.05, 4.69) is 46.8 Å². The molecule has 0 N–H and O–H groups in total. The summed E-state index contributed by atoms with van der Waals surface area (Å²) in [5, 5.41) is 0. The quantitative estimate of drug-likeness (QED) is 0.512. The average Bonchev–Trinajstić information content (AvgIpc) is 1.82. The Labute approximate surface area is 64.6 Å². The standard InChI is InChI=1S/C10H17/c1-8(2)6-7-10(5)9(3)4/h6-7,9H,5H2,1-4H3/b10-7-. The molecule has 0 aromatic rings. The van der Waals surface area contributed by atoms with Gasteiger partial charge in [-0.2, -0.15) is 0 Å². The predicted molar refractivity (Wildman–Crippen MR) is 47.7 cm³/mol.